The maximum Gasteiger partial charge on any atom is 0.224 e. The minimum Gasteiger partial charge on any atom is -0.355 e. The van der Waals surface area contributed by atoms with Gasteiger partial charge in [0, 0.05) is 30.3 Å². The fraction of sp³-hybridized carbons (Fsp3) is 0.375. The highest BCUT2D eigenvalue weighted by Gasteiger charge is 2.30. The molecular formula is C24H29N5O2S. The lowest BCUT2D eigenvalue weighted by molar-refractivity contribution is -0.125. The van der Waals surface area contributed by atoms with Gasteiger partial charge in [-0.25, -0.2) is 4.68 Å². The number of benzene rings is 1. The maximum absolute atomic E-state index is 12.7. The number of hydrogen-bond acceptors (Lipinski definition) is 5. The number of rotatable bonds is 7. The van der Waals surface area contributed by atoms with Gasteiger partial charge >= 0.3 is 0 Å². The summed E-state index contributed by atoms with van der Waals surface area (Å²) in [5.74, 6) is 0.956. The zero-order valence-corrected chi connectivity index (χ0v) is 19.3. The summed E-state index contributed by atoms with van der Waals surface area (Å²) in [4.78, 5) is 28.3. The number of thiophene rings is 1. The quantitative estimate of drug-likeness (QED) is 0.566. The van der Waals surface area contributed by atoms with Crippen LogP contribution in [-0.2, 0) is 16.1 Å². The van der Waals surface area contributed by atoms with Crippen LogP contribution in [0.3, 0.4) is 0 Å². The molecule has 2 N–H and O–H groups in total. The summed E-state index contributed by atoms with van der Waals surface area (Å²) in [6, 6.07) is 14.0. The lowest BCUT2D eigenvalue weighted by Gasteiger charge is -2.33. The standard InChI is InChI=1S/C24H29N5O2S/c1-3-21(30)26-22-17(2)27-29(19-8-5-4-6-9-19)24(22)28-13-11-18(12-14-28)23(31)25-16-20-10-7-15-32-20/h4-10,15,18H,3,11-14,16H2,1-2H3,(H,25,31)(H,26,30). The third-order valence-electron chi connectivity index (χ3n) is 5.80. The number of carbonyl (C=O) groups excluding carboxylic acids is 2. The van der Waals surface area contributed by atoms with Crippen molar-refractivity contribution in [3.63, 3.8) is 0 Å². The van der Waals surface area contributed by atoms with Crippen LogP contribution in [0.25, 0.3) is 5.69 Å². The summed E-state index contributed by atoms with van der Waals surface area (Å²) in [7, 11) is 0. The third kappa shape index (κ3) is 4.85. The van der Waals surface area contributed by atoms with Crippen molar-refractivity contribution >= 4 is 34.7 Å². The van der Waals surface area contributed by atoms with E-state index in [2.05, 4.69) is 15.5 Å². The van der Waals surface area contributed by atoms with Crippen molar-refractivity contribution in [1.29, 1.82) is 0 Å². The van der Waals surface area contributed by atoms with Crippen molar-refractivity contribution < 1.29 is 9.59 Å². The molecule has 2 amide bonds. The molecule has 32 heavy (non-hydrogen) atoms. The minimum absolute atomic E-state index is 0.00547. The molecule has 0 radical (unpaired) electrons. The second kappa shape index (κ2) is 9.99. The third-order valence-corrected chi connectivity index (χ3v) is 6.68. The maximum atomic E-state index is 12.7. The number of nitrogens with zero attached hydrogens (tertiary/aromatic N) is 3. The summed E-state index contributed by atoms with van der Waals surface area (Å²) in [5, 5.41) is 12.9. The molecule has 0 saturated carbocycles. The Morgan fingerprint density at radius 1 is 1.12 bits per heavy atom. The van der Waals surface area contributed by atoms with Gasteiger partial charge in [-0.2, -0.15) is 5.10 Å². The van der Waals surface area contributed by atoms with Crippen molar-refractivity contribution in [2.75, 3.05) is 23.3 Å². The van der Waals surface area contributed by atoms with Gasteiger partial charge in [0.15, 0.2) is 5.82 Å². The van der Waals surface area contributed by atoms with E-state index in [1.807, 2.05) is 66.4 Å². The number of carbonyl (C=O) groups is 2. The first-order chi connectivity index (χ1) is 15.6. The van der Waals surface area contributed by atoms with Gasteiger partial charge in [0.1, 0.15) is 5.69 Å². The zero-order chi connectivity index (χ0) is 22.5. The summed E-state index contributed by atoms with van der Waals surface area (Å²) < 4.78 is 1.90. The SMILES string of the molecule is CCC(=O)Nc1c(C)nn(-c2ccccc2)c1N1CCC(C(=O)NCc2cccs2)CC1. The molecule has 3 heterocycles. The lowest BCUT2D eigenvalue weighted by atomic mass is 9.95. The molecule has 1 aliphatic rings. The highest BCUT2D eigenvalue weighted by Crippen LogP contribution is 2.35. The second-order valence-electron chi connectivity index (χ2n) is 7.99. The molecule has 8 heteroatoms. The van der Waals surface area contributed by atoms with Crippen LogP contribution < -0.4 is 15.5 Å². The van der Waals surface area contributed by atoms with Gasteiger partial charge in [0.2, 0.25) is 11.8 Å². The van der Waals surface area contributed by atoms with Crippen LogP contribution in [-0.4, -0.2) is 34.7 Å². The van der Waals surface area contributed by atoms with Crippen molar-refractivity contribution in [3.05, 3.63) is 58.4 Å². The molecule has 4 rings (SSSR count). The summed E-state index contributed by atoms with van der Waals surface area (Å²) in [6.07, 6.45) is 1.93. The first kappa shape index (κ1) is 22.1. The number of anilines is 2. The van der Waals surface area contributed by atoms with Gasteiger partial charge in [-0.15, -0.1) is 11.3 Å². The number of aryl methyl sites for hydroxylation is 1. The molecule has 3 aromatic rings. The summed E-state index contributed by atoms with van der Waals surface area (Å²) >= 11 is 1.65. The average molecular weight is 452 g/mol. The van der Waals surface area contributed by atoms with E-state index < -0.39 is 0 Å². The van der Waals surface area contributed by atoms with E-state index >= 15 is 0 Å². The molecule has 1 saturated heterocycles. The van der Waals surface area contributed by atoms with Crippen LogP contribution in [0, 0.1) is 12.8 Å². The predicted molar refractivity (Wildman–Crippen MR) is 128 cm³/mol. The normalized spacial score (nSPS) is 14.4. The first-order valence-electron chi connectivity index (χ1n) is 11.1. The number of piperidine rings is 1. The molecule has 1 fully saturated rings. The summed E-state index contributed by atoms with van der Waals surface area (Å²) in [6.45, 7) is 5.79. The van der Waals surface area contributed by atoms with Crippen LogP contribution in [0.4, 0.5) is 11.5 Å². The van der Waals surface area contributed by atoms with Crippen LogP contribution >= 0.6 is 11.3 Å². The molecule has 1 aliphatic heterocycles. The van der Waals surface area contributed by atoms with Gasteiger partial charge in [0.25, 0.3) is 0 Å². The van der Waals surface area contributed by atoms with Crippen molar-refractivity contribution in [2.24, 2.45) is 5.92 Å². The second-order valence-corrected chi connectivity index (χ2v) is 9.02. The van der Waals surface area contributed by atoms with Crippen molar-refractivity contribution in [1.82, 2.24) is 15.1 Å². The Hall–Kier alpha value is -3.13. The number of amides is 2. The molecule has 0 atom stereocenters. The Morgan fingerprint density at radius 3 is 2.53 bits per heavy atom. The van der Waals surface area contributed by atoms with E-state index in [-0.39, 0.29) is 17.7 Å². The Labute approximate surface area is 192 Å². The number of para-hydroxylation sites is 1. The molecule has 2 aromatic heterocycles. The highest BCUT2D eigenvalue weighted by atomic mass is 32.1. The summed E-state index contributed by atoms with van der Waals surface area (Å²) in [5.41, 5.74) is 2.47. The van der Waals surface area contributed by atoms with Gasteiger partial charge in [-0.1, -0.05) is 31.2 Å². The number of nitrogens with one attached hydrogen (secondary N) is 2. The average Bonchev–Trinajstić information content (AvgIpc) is 3.46. The van der Waals surface area contributed by atoms with Crippen molar-refractivity contribution in [3.8, 4) is 5.69 Å². The van der Waals surface area contributed by atoms with Crippen LogP contribution in [0.1, 0.15) is 36.8 Å². The monoisotopic (exact) mass is 451 g/mol. The predicted octanol–water partition coefficient (Wildman–Crippen LogP) is 4.12. The zero-order valence-electron chi connectivity index (χ0n) is 18.5. The largest absolute Gasteiger partial charge is 0.355 e. The molecule has 7 nitrogen and oxygen atoms in total. The smallest absolute Gasteiger partial charge is 0.224 e. The molecule has 168 valence electrons. The van der Waals surface area contributed by atoms with E-state index in [4.69, 9.17) is 5.10 Å². The molecule has 0 unspecified atom stereocenters. The molecule has 0 aliphatic carbocycles. The number of hydrogen-bond donors (Lipinski definition) is 2. The fourth-order valence-electron chi connectivity index (χ4n) is 4.02. The lowest BCUT2D eigenvalue weighted by Crippen LogP contribution is -2.41. The van der Waals surface area contributed by atoms with Gasteiger partial charge < -0.3 is 15.5 Å². The van der Waals surface area contributed by atoms with E-state index in [1.54, 1.807) is 11.3 Å². The van der Waals surface area contributed by atoms with Crippen LogP contribution in [0.2, 0.25) is 0 Å². The fourth-order valence-corrected chi connectivity index (χ4v) is 4.66. The van der Waals surface area contributed by atoms with Gasteiger partial charge in [0.05, 0.1) is 17.9 Å². The Bertz CT molecular complexity index is 1050. The molecule has 0 bridgehead atoms. The van der Waals surface area contributed by atoms with E-state index in [0.29, 0.717) is 13.0 Å². The molecular weight excluding hydrogens is 422 g/mol. The van der Waals surface area contributed by atoms with E-state index in [1.165, 1.54) is 0 Å². The molecule has 0 spiro atoms. The van der Waals surface area contributed by atoms with E-state index in [0.717, 1.165) is 53.7 Å². The topological polar surface area (TPSA) is 79.3 Å². The van der Waals surface area contributed by atoms with E-state index in [9.17, 15) is 9.59 Å². The minimum atomic E-state index is -0.0372. The Morgan fingerprint density at radius 2 is 1.88 bits per heavy atom. The Kier molecular flexibility index (Phi) is 6.90. The van der Waals surface area contributed by atoms with Gasteiger partial charge in [-0.05, 0) is 43.3 Å². The van der Waals surface area contributed by atoms with Crippen molar-refractivity contribution in [2.45, 2.75) is 39.7 Å². The van der Waals surface area contributed by atoms with Crippen LogP contribution in [0.15, 0.2) is 47.8 Å². The highest BCUT2D eigenvalue weighted by molar-refractivity contribution is 7.09. The van der Waals surface area contributed by atoms with Gasteiger partial charge in [-0.3, -0.25) is 9.59 Å². The Balaban J connectivity index is 1.51. The molecule has 1 aromatic carbocycles. The first-order valence-corrected chi connectivity index (χ1v) is 11.9. The number of aromatic nitrogens is 2. The van der Waals surface area contributed by atoms with Crippen LogP contribution in [0.5, 0.6) is 0 Å².